The fourth-order valence-corrected chi connectivity index (χ4v) is 1.57. The molecule has 18 heavy (non-hydrogen) atoms. The third-order valence-corrected chi connectivity index (χ3v) is 2.30. The summed E-state index contributed by atoms with van der Waals surface area (Å²) in [6.07, 6.45) is 0.578. The average molecular weight is 255 g/mol. The number of nitrogens with one attached hydrogen (secondary N) is 2. The zero-order valence-electron chi connectivity index (χ0n) is 10.8. The first kappa shape index (κ1) is 14.5. The van der Waals surface area contributed by atoms with Crippen LogP contribution in [0.25, 0.3) is 0 Å². The van der Waals surface area contributed by atoms with Crippen molar-refractivity contribution in [1.82, 2.24) is 9.97 Å². The number of hydrogen-bond donors (Lipinski definition) is 4. The molecule has 1 aromatic heterocycles. The number of hydrogen-bond acceptors (Lipinski definition) is 7. The van der Waals surface area contributed by atoms with E-state index in [1.165, 1.54) is 0 Å². The maximum atomic E-state index is 8.97. The molecule has 1 heterocycles. The van der Waals surface area contributed by atoms with Crippen molar-refractivity contribution in [1.29, 1.82) is 0 Å². The average Bonchev–Trinajstić information content (AvgIpc) is 2.29. The quantitative estimate of drug-likeness (QED) is 0.529. The van der Waals surface area contributed by atoms with Crippen LogP contribution in [0.1, 0.15) is 13.3 Å². The maximum Gasteiger partial charge on any atom is 0.223 e. The van der Waals surface area contributed by atoms with Crippen LogP contribution < -0.4 is 16.4 Å². The molecule has 0 saturated carbocycles. The summed E-state index contributed by atoms with van der Waals surface area (Å²) in [7, 11) is 1.62. The van der Waals surface area contributed by atoms with Crippen LogP contribution in [-0.4, -0.2) is 48.0 Å². The predicted molar refractivity (Wildman–Crippen MR) is 71.6 cm³/mol. The van der Waals surface area contributed by atoms with E-state index in [4.69, 9.17) is 15.6 Å². The Hall–Kier alpha value is -1.60. The molecule has 102 valence electrons. The van der Waals surface area contributed by atoms with Gasteiger partial charge in [-0.2, -0.15) is 9.97 Å². The van der Waals surface area contributed by atoms with Gasteiger partial charge in [-0.15, -0.1) is 0 Å². The molecule has 0 amide bonds. The first-order chi connectivity index (χ1) is 8.69. The standard InChI is InChI=1S/C11H21N5O2/c1-3-13-9-6-10(16-11(12)15-9)14-8(4-5-17)7-18-2/h6,8,17H,3-5,7H2,1-2H3,(H4,12,13,14,15,16). The van der Waals surface area contributed by atoms with Gasteiger partial charge in [-0.25, -0.2) is 0 Å². The first-order valence-corrected chi connectivity index (χ1v) is 5.94. The molecule has 1 atom stereocenters. The van der Waals surface area contributed by atoms with Gasteiger partial charge in [0.1, 0.15) is 11.6 Å². The lowest BCUT2D eigenvalue weighted by molar-refractivity contribution is 0.170. The minimum Gasteiger partial charge on any atom is -0.396 e. The highest BCUT2D eigenvalue weighted by molar-refractivity contribution is 5.51. The number of nitrogen functional groups attached to an aromatic ring is 1. The molecular formula is C11H21N5O2. The zero-order valence-corrected chi connectivity index (χ0v) is 10.8. The van der Waals surface area contributed by atoms with Gasteiger partial charge in [0.2, 0.25) is 5.95 Å². The molecule has 0 aliphatic carbocycles. The van der Waals surface area contributed by atoms with Gasteiger partial charge in [0.15, 0.2) is 0 Å². The van der Waals surface area contributed by atoms with Crippen LogP contribution in [0.5, 0.6) is 0 Å². The molecule has 5 N–H and O–H groups in total. The van der Waals surface area contributed by atoms with Crippen molar-refractivity contribution < 1.29 is 9.84 Å². The van der Waals surface area contributed by atoms with Crippen molar-refractivity contribution in [3.05, 3.63) is 6.07 Å². The summed E-state index contributed by atoms with van der Waals surface area (Å²) in [5.41, 5.74) is 5.63. The summed E-state index contributed by atoms with van der Waals surface area (Å²) in [4.78, 5) is 8.16. The number of ether oxygens (including phenoxy) is 1. The van der Waals surface area contributed by atoms with E-state index in [9.17, 15) is 0 Å². The van der Waals surface area contributed by atoms with Gasteiger partial charge in [0.25, 0.3) is 0 Å². The fraction of sp³-hybridized carbons (Fsp3) is 0.636. The highest BCUT2D eigenvalue weighted by Crippen LogP contribution is 2.14. The van der Waals surface area contributed by atoms with Crippen LogP contribution >= 0.6 is 0 Å². The van der Waals surface area contributed by atoms with Crippen molar-refractivity contribution in [2.24, 2.45) is 0 Å². The van der Waals surface area contributed by atoms with Gasteiger partial charge in [-0.05, 0) is 13.3 Å². The molecule has 1 unspecified atom stereocenters. The molecule has 0 aromatic carbocycles. The first-order valence-electron chi connectivity index (χ1n) is 5.94. The van der Waals surface area contributed by atoms with E-state index < -0.39 is 0 Å². The summed E-state index contributed by atoms with van der Waals surface area (Å²) in [6, 6.07) is 1.77. The van der Waals surface area contributed by atoms with Crippen LogP contribution in [0, 0.1) is 0 Å². The molecule has 1 rings (SSSR count). The number of aliphatic hydroxyl groups excluding tert-OH is 1. The van der Waals surface area contributed by atoms with E-state index in [1.54, 1.807) is 13.2 Å². The van der Waals surface area contributed by atoms with Gasteiger partial charge in [-0.3, -0.25) is 0 Å². The minimum atomic E-state index is -0.0104. The summed E-state index contributed by atoms with van der Waals surface area (Å²) < 4.78 is 5.07. The number of nitrogens with two attached hydrogens (primary N) is 1. The molecular weight excluding hydrogens is 234 g/mol. The van der Waals surface area contributed by atoms with Gasteiger partial charge in [0, 0.05) is 26.3 Å². The molecule has 0 aliphatic heterocycles. The highest BCUT2D eigenvalue weighted by Gasteiger charge is 2.10. The third-order valence-electron chi connectivity index (χ3n) is 2.30. The SMILES string of the molecule is CCNc1cc(NC(CCO)COC)nc(N)n1. The fourth-order valence-electron chi connectivity index (χ4n) is 1.57. The number of anilines is 3. The Kier molecular flexibility index (Phi) is 6.16. The van der Waals surface area contributed by atoms with Crippen molar-refractivity contribution in [3.63, 3.8) is 0 Å². The number of nitrogens with zero attached hydrogens (tertiary/aromatic N) is 2. The minimum absolute atomic E-state index is 0.0104. The Morgan fingerprint density at radius 3 is 2.78 bits per heavy atom. The van der Waals surface area contributed by atoms with Crippen molar-refractivity contribution in [2.75, 3.05) is 43.2 Å². The molecule has 7 heteroatoms. The topological polar surface area (TPSA) is 105 Å². The summed E-state index contributed by atoms with van der Waals surface area (Å²) >= 11 is 0. The largest absolute Gasteiger partial charge is 0.396 e. The molecule has 0 fully saturated rings. The summed E-state index contributed by atoms with van der Waals surface area (Å²) in [5, 5.41) is 15.2. The van der Waals surface area contributed by atoms with Crippen LogP contribution in [0.4, 0.5) is 17.6 Å². The summed E-state index contributed by atoms with van der Waals surface area (Å²) in [6.45, 7) is 3.31. The van der Waals surface area contributed by atoms with Crippen molar-refractivity contribution >= 4 is 17.6 Å². The second-order valence-electron chi connectivity index (χ2n) is 3.84. The molecule has 0 saturated heterocycles. The number of aliphatic hydroxyl groups is 1. The van der Waals surface area contributed by atoms with Gasteiger partial charge in [0.05, 0.1) is 12.6 Å². The lowest BCUT2D eigenvalue weighted by atomic mass is 10.2. The van der Waals surface area contributed by atoms with Crippen molar-refractivity contribution in [2.45, 2.75) is 19.4 Å². The third kappa shape index (κ3) is 4.72. The smallest absolute Gasteiger partial charge is 0.223 e. The molecule has 1 aromatic rings. The molecule has 0 radical (unpaired) electrons. The number of aromatic nitrogens is 2. The van der Waals surface area contributed by atoms with E-state index in [0.29, 0.717) is 24.7 Å². The van der Waals surface area contributed by atoms with E-state index in [1.807, 2.05) is 6.92 Å². The van der Waals surface area contributed by atoms with E-state index in [2.05, 4.69) is 20.6 Å². The monoisotopic (exact) mass is 255 g/mol. The second-order valence-corrected chi connectivity index (χ2v) is 3.84. The molecule has 7 nitrogen and oxygen atoms in total. The van der Waals surface area contributed by atoms with E-state index in [-0.39, 0.29) is 18.6 Å². The van der Waals surface area contributed by atoms with E-state index >= 15 is 0 Å². The Balaban J connectivity index is 2.74. The van der Waals surface area contributed by atoms with Gasteiger partial charge < -0.3 is 26.2 Å². The van der Waals surface area contributed by atoms with Crippen LogP contribution in [0.2, 0.25) is 0 Å². The maximum absolute atomic E-state index is 8.97. The number of rotatable bonds is 8. The molecule has 0 bridgehead atoms. The Morgan fingerprint density at radius 1 is 1.44 bits per heavy atom. The Labute approximate surface area is 107 Å². The van der Waals surface area contributed by atoms with Crippen molar-refractivity contribution in [3.8, 4) is 0 Å². The molecule has 0 spiro atoms. The Bertz CT molecular complexity index is 355. The number of methoxy groups -OCH3 is 1. The lowest BCUT2D eigenvalue weighted by Crippen LogP contribution is -2.27. The predicted octanol–water partition coefficient (Wildman–Crippen LogP) is 0.300. The van der Waals surface area contributed by atoms with Crippen LogP contribution in [0.15, 0.2) is 6.07 Å². The van der Waals surface area contributed by atoms with E-state index in [0.717, 1.165) is 6.54 Å². The van der Waals surface area contributed by atoms with Gasteiger partial charge in [-0.1, -0.05) is 0 Å². The zero-order chi connectivity index (χ0) is 13.4. The second kappa shape index (κ2) is 7.67. The van der Waals surface area contributed by atoms with Crippen LogP contribution in [-0.2, 0) is 4.74 Å². The Morgan fingerprint density at radius 2 is 2.17 bits per heavy atom. The molecule has 0 aliphatic rings. The summed E-state index contributed by atoms with van der Waals surface area (Å²) in [5.74, 6) is 1.50. The highest BCUT2D eigenvalue weighted by atomic mass is 16.5. The van der Waals surface area contributed by atoms with Crippen LogP contribution in [0.3, 0.4) is 0 Å². The normalized spacial score (nSPS) is 12.2. The van der Waals surface area contributed by atoms with Gasteiger partial charge >= 0.3 is 0 Å². The lowest BCUT2D eigenvalue weighted by Gasteiger charge is -2.18.